The van der Waals surface area contributed by atoms with E-state index in [2.05, 4.69) is 36.2 Å². The van der Waals surface area contributed by atoms with E-state index in [0.29, 0.717) is 29.1 Å². The first-order valence-electron chi connectivity index (χ1n) is 9.28. The topological polar surface area (TPSA) is 60.2 Å². The van der Waals surface area contributed by atoms with E-state index < -0.39 is 5.82 Å². The Labute approximate surface area is 165 Å². The molecule has 1 aromatic carbocycles. The van der Waals surface area contributed by atoms with Crippen LogP contribution in [0.3, 0.4) is 0 Å². The molecule has 0 unspecified atom stereocenters. The Morgan fingerprint density at radius 2 is 1.79 bits per heavy atom. The average Bonchev–Trinajstić information content (AvgIpc) is 2.99. The average molecular weight is 385 g/mol. The van der Waals surface area contributed by atoms with Crippen LogP contribution in [0, 0.1) is 25.6 Å². The Morgan fingerprint density at radius 1 is 1.14 bits per heavy atom. The van der Waals surface area contributed by atoms with Crippen molar-refractivity contribution in [3.05, 3.63) is 59.4 Å². The fourth-order valence-corrected chi connectivity index (χ4v) is 2.61. The maximum Gasteiger partial charge on any atom is 0.240 e. The summed E-state index contributed by atoms with van der Waals surface area (Å²) in [6.45, 7) is 10.5. The van der Waals surface area contributed by atoms with Crippen molar-refractivity contribution in [2.24, 2.45) is 5.92 Å². The molecule has 3 rings (SSSR count). The van der Waals surface area contributed by atoms with Gasteiger partial charge in [-0.1, -0.05) is 56.3 Å². The zero-order valence-corrected chi connectivity index (χ0v) is 17.3. The molecule has 1 N–H and O–H groups in total. The van der Waals surface area contributed by atoms with Crippen LogP contribution in [-0.2, 0) is 6.54 Å². The Balaban J connectivity index is 0.000000640. The van der Waals surface area contributed by atoms with Crippen LogP contribution in [0.25, 0.3) is 11.1 Å². The molecule has 2 heterocycles. The highest BCUT2D eigenvalue weighted by Gasteiger charge is 2.21. The molecule has 28 heavy (non-hydrogen) atoms. The summed E-state index contributed by atoms with van der Waals surface area (Å²) in [5.74, 6) is 1.15. The summed E-state index contributed by atoms with van der Waals surface area (Å²) in [7, 11) is 1.46. The van der Waals surface area contributed by atoms with Crippen molar-refractivity contribution in [3.8, 4) is 17.0 Å². The molecular formula is C22H28FN3O2. The molecule has 5 nitrogen and oxygen atoms in total. The van der Waals surface area contributed by atoms with Gasteiger partial charge in [0.25, 0.3) is 0 Å². The van der Waals surface area contributed by atoms with Crippen LogP contribution in [0.4, 0.5) is 10.1 Å². The van der Waals surface area contributed by atoms with Crippen LogP contribution >= 0.6 is 0 Å². The molecule has 0 fully saturated rings. The summed E-state index contributed by atoms with van der Waals surface area (Å²) in [6, 6.07) is 9.72. The fourth-order valence-electron chi connectivity index (χ4n) is 2.61. The molecule has 0 aliphatic carbocycles. The molecule has 0 saturated carbocycles. The highest BCUT2D eigenvalue weighted by atomic mass is 19.1. The van der Waals surface area contributed by atoms with Gasteiger partial charge in [-0.2, -0.15) is 0 Å². The molecule has 0 amide bonds. The van der Waals surface area contributed by atoms with Gasteiger partial charge >= 0.3 is 0 Å². The Bertz CT molecular complexity index is 870. The molecule has 0 bridgehead atoms. The number of aromatic nitrogens is 2. The van der Waals surface area contributed by atoms with E-state index >= 15 is 4.39 Å². The third kappa shape index (κ3) is 5.31. The lowest BCUT2D eigenvalue weighted by molar-refractivity contribution is 0.393. The smallest absolute Gasteiger partial charge is 0.240 e. The van der Waals surface area contributed by atoms with Gasteiger partial charge < -0.3 is 14.6 Å². The number of ether oxygens (including phenoxy) is 1. The highest BCUT2D eigenvalue weighted by Crippen LogP contribution is 2.35. The van der Waals surface area contributed by atoms with Gasteiger partial charge in [-0.05, 0) is 25.3 Å². The van der Waals surface area contributed by atoms with Gasteiger partial charge in [-0.3, -0.25) is 0 Å². The van der Waals surface area contributed by atoms with Gasteiger partial charge in [-0.15, -0.1) is 0 Å². The first-order valence-corrected chi connectivity index (χ1v) is 9.28. The second-order valence-electron chi connectivity index (χ2n) is 7.14. The summed E-state index contributed by atoms with van der Waals surface area (Å²) in [6.07, 6.45) is 1.44. The number of hydrogen-bond donors (Lipinski definition) is 1. The van der Waals surface area contributed by atoms with Crippen LogP contribution in [-0.4, -0.2) is 17.3 Å². The van der Waals surface area contributed by atoms with Gasteiger partial charge in [0.2, 0.25) is 5.88 Å². The molecule has 0 aliphatic rings. The largest absolute Gasteiger partial charge is 0.479 e. The van der Waals surface area contributed by atoms with E-state index in [0.717, 1.165) is 11.5 Å². The lowest BCUT2D eigenvalue weighted by atomic mass is 10.0. The number of halogens is 1. The second-order valence-corrected chi connectivity index (χ2v) is 7.14. The van der Waals surface area contributed by atoms with E-state index in [9.17, 15) is 0 Å². The van der Waals surface area contributed by atoms with Crippen molar-refractivity contribution in [3.63, 3.8) is 0 Å². The van der Waals surface area contributed by atoms with Crippen molar-refractivity contribution in [1.29, 1.82) is 0 Å². The monoisotopic (exact) mass is 385 g/mol. The predicted molar refractivity (Wildman–Crippen MR) is 110 cm³/mol. The quantitative estimate of drug-likeness (QED) is 0.604. The van der Waals surface area contributed by atoms with E-state index in [4.69, 9.17) is 9.26 Å². The SMILES string of the molecule is CC(C)C.COc1ncc(-c2c(C)noc2C)c(F)c1NCc1ccccc1. The Kier molecular flexibility index (Phi) is 7.55. The zero-order valence-electron chi connectivity index (χ0n) is 17.3. The first-order chi connectivity index (χ1) is 13.3. The number of nitrogens with one attached hydrogen (secondary N) is 1. The minimum Gasteiger partial charge on any atom is -0.479 e. The Morgan fingerprint density at radius 3 is 2.32 bits per heavy atom. The van der Waals surface area contributed by atoms with E-state index in [1.165, 1.54) is 13.3 Å². The van der Waals surface area contributed by atoms with Gasteiger partial charge in [-0.25, -0.2) is 9.37 Å². The van der Waals surface area contributed by atoms with Crippen LogP contribution in [0.5, 0.6) is 5.88 Å². The van der Waals surface area contributed by atoms with Gasteiger partial charge in [0.15, 0.2) is 5.82 Å². The summed E-state index contributed by atoms with van der Waals surface area (Å²) in [5, 5.41) is 6.95. The van der Waals surface area contributed by atoms with Crippen LogP contribution < -0.4 is 10.1 Å². The van der Waals surface area contributed by atoms with Crippen molar-refractivity contribution < 1.29 is 13.7 Å². The molecule has 2 aromatic heterocycles. The highest BCUT2D eigenvalue weighted by molar-refractivity contribution is 5.73. The molecule has 3 aromatic rings. The third-order valence-corrected chi connectivity index (χ3v) is 3.79. The maximum atomic E-state index is 15.1. The van der Waals surface area contributed by atoms with Crippen molar-refractivity contribution in [1.82, 2.24) is 10.1 Å². The summed E-state index contributed by atoms with van der Waals surface area (Å²) in [4.78, 5) is 4.21. The van der Waals surface area contributed by atoms with Crippen molar-refractivity contribution in [2.75, 3.05) is 12.4 Å². The lowest BCUT2D eigenvalue weighted by Gasteiger charge is -2.14. The minimum atomic E-state index is -0.438. The van der Waals surface area contributed by atoms with Crippen LogP contribution in [0.15, 0.2) is 41.1 Å². The second kappa shape index (κ2) is 9.88. The molecule has 0 atom stereocenters. The van der Waals surface area contributed by atoms with Gasteiger partial charge in [0.05, 0.1) is 18.4 Å². The zero-order chi connectivity index (χ0) is 20.7. The lowest BCUT2D eigenvalue weighted by Crippen LogP contribution is -2.06. The number of nitrogens with zero attached hydrogens (tertiary/aromatic N) is 2. The number of rotatable bonds is 5. The molecule has 0 radical (unpaired) electrons. The fraction of sp³-hybridized carbons (Fsp3) is 0.364. The van der Waals surface area contributed by atoms with Crippen LogP contribution in [0.2, 0.25) is 0 Å². The summed E-state index contributed by atoms with van der Waals surface area (Å²) in [5.41, 5.74) is 2.82. The third-order valence-electron chi connectivity index (χ3n) is 3.79. The summed E-state index contributed by atoms with van der Waals surface area (Å²) < 4.78 is 25.4. The number of benzene rings is 1. The van der Waals surface area contributed by atoms with Crippen molar-refractivity contribution in [2.45, 2.75) is 41.2 Å². The number of aryl methyl sites for hydroxylation is 2. The van der Waals surface area contributed by atoms with Crippen LogP contribution in [0.1, 0.15) is 37.8 Å². The standard InChI is InChI=1S/C18H18FN3O2.C4H10/c1-11-15(12(2)24-22-11)14-10-21-18(23-3)17(16(14)19)20-9-13-7-5-4-6-8-13;1-4(2)3/h4-8,10,20H,9H2,1-3H3;4H,1-3H3. The number of anilines is 1. The number of methoxy groups -OCH3 is 1. The van der Waals surface area contributed by atoms with Crippen molar-refractivity contribution >= 4 is 5.69 Å². The molecular weight excluding hydrogens is 357 g/mol. The van der Waals surface area contributed by atoms with Gasteiger partial charge in [0, 0.05) is 18.3 Å². The molecule has 0 saturated heterocycles. The molecule has 0 aliphatic heterocycles. The normalized spacial score (nSPS) is 10.4. The maximum absolute atomic E-state index is 15.1. The van der Waals surface area contributed by atoms with E-state index in [1.54, 1.807) is 13.8 Å². The van der Waals surface area contributed by atoms with Gasteiger partial charge in [0.1, 0.15) is 11.4 Å². The minimum absolute atomic E-state index is 0.207. The number of pyridine rings is 1. The molecule has 0 spiro atoms. The van der Waals surface area contributed by atoms with E-state index in [1.807, 2.05) is 30.3 Å². The van der Waals surface area contributed by atoms with E-state index in [-0.39, 0.29) is 11.6 Å². The molecule has 150 valence electrons. The Hall–Kier alpha value is -2.89. The predicted octanol–water partition coefficient (Wildman–Crippen LogP) is 5.78. The number of hydrogen-bond acceptors (Lipinski definition) is 5. The molecule has 6 heteroatoms. The summed E-state index contributed by atoms with van der Waals surface area (Å²) >= 11 is 0. The first kappa shape index (κ1) is 21.4.